The van der Waals surface area contributed by atoms with Crippen LogP contribution in [0.2, 0.25) is 0 Å². The average molecular weight is 320 g/mol. The van der Waals surface area contributed by atoms with Crippen molar-refractivity contribution >= 4 is 17.5 Å². The lowest BCUT2D eigenvalue weighted by Gasteiger charge is -2.07. The van der Waals surface area contributed by atoms with Gasteiger partial charge in [-0.15, -0.1) is 0 Å². The zero-order valence-corrected chi connectivity index (χ0v) is 12.9. The molecular formula is C15H17FN4O3. The van der Waals surface area contributed by atoms with Gasteiger partial charge < -0.3 is 15.2 Å². The molecule has 0 unspecified atom stereocenters. The first kappa shape index (κ1) is 16.6. The molecule has 2 aromatic rings. The van der Waals surface area contributed by atoms with Crippen molar-refractivity contribution in [3.05, 3.63) is 41.3 Å². The number of aryl methyl sites for hydroxylation is 3. The van der Waals surface area contributed by atoms with Gasteiger partial charge in [-0.2, -0.15) is 4.98 Å². The first-order valence-electron chi connectivity index (χ1n) is 7.10. The molecule has 1 aromatic heterocycles. The monoisotopic (exact) mass is 320 g/mol. The van der Waals surface area contributed by atoms with Gasteiger partial charge in [0, 0.05) is 13.0 Å². The number of amides is 2. The Labute approximate surface area is 132 Å². The fourth-order valence-corrected chi connectivity index (χ4v) is 1.88. The summed E-state index contributed by atoms with van der Waals surface area (Å²) in [6, 6.07) is 4.26. The minimum atomic E-state index is -0.914. The molecule has 0 bridgehead atoms. The number of benzene rings is 1. The van der Waals surface area contributed by atoms with E-state index in [9.17, 15) is 14.0 Å². The summed E-state index contributed by atoms with van der Waals surface area (Å²) in [5.41, 5.74) is 0.753. The van der Waals surface area contributed by atoms with Gasteiger partial charge in [0.25, 0.3) is 0 Å². The SMILES string of the molecule is Cc1ccc(F)c(NC(=O)C(=O)NCCCc2nc(C)no2)c1. The summed E-state index contributed by atoms with van der Waals surface area (Å²) in [7, 11) is 0. The number of nitrogens with zero attached hydrogens (tertiary/aromatic N) is 2. The Morgan fingerprint density at radius 1 is 1.26 bits per heavy atom. The highest BCUT2D eigenvalue weighted by atomic mass is 19.1. The fraction of sp³-hybridized carbons (Fsp3) is 0.333. The molecule has 122 valence electrons. The molecule has 0 saturated carbocycles. The minimum Gasteiger partial charge on any atom is -0.348 e. The van der Waals surface area contributed by atoms with E-state index < -0.39 is 17.6 Å². The molecule has 0 radical (unpaired) electrons. The van der Waals surface area contributed by atoms with Crippen LogP contribution in [0.3, 0.4) is 0 Å². The van der Waals surface area contributed by atoms with Crippen molar-refractivity contribution < 1.29 is 18.5 Å². The van der Waals surface area contributed by atoms with E-state index in [2.05, 4.69) is 20.8 Å². The lowest BCUT2D eigenvalue weighted by atomic mass is 10.2. The van der Waals surface area contributed by atoms with Crippen molar-refractivity contribution in [3.63, 3.8) is 0 Å². The lowest BCUT2D eigenvalue weighted by Crippen LogP contribution is -2.36. The molecule has 23 heavy (non-hydrogen) atoms. The van der Waals surface area contributed by atoms with E-state index in [0.29, 0.717) is 24.6 Å². The van der Waals surface area contributed by atoms with Crippen LogP contribution in [-0.2, 0) is 16.0 Å². The molecular weight excluding hydrogens is 303 g/mol. The predicted molar refractivity (Wildman–Crippen MR) is 80.1 cm³/mol. The molecule has 2 amide bonds. The van der Waals surface area contributed by atoms with E-state index in [1.165, 1.54) is 12.1 Å². The molecule has 0 saturated heterocycles. The van der Waals surface area contributed by atoms with Gasteiger partial charge in [0.1, 0.15) is 5.82 Å². The highest BCUT2D eigenvalue weighted by Gasteiger charge is 2.15. The maximum Gasteiger partial charge on any atom is 0.313 e. The van der Waals surface area contributed by atoms with Crippen LogP contribution < -0.4 is 10.6 Å². The molecule has 8 heteroatoms. The van der Waals surface area contributed by atoms with Crippen LogP contribution >= 0.6 is 0 Å². The number of aromatic nitrogens is 2. The van der Waals surface area contributed by atoms with Crippen LogP contribution in [0.4, 0.5) is 10.1 Å². The Morgan fingerprint density at radius 3 is 2.74 bits per heavy atom. The number of anilines is 1. The molecule has 2 N–H and O–H groups in total. The Morgan fingerprint density at radius 2 is 2.04 bits per heavy atom. The number of halogens is 1. The van der Waals surface area contributed by atoms with Gasteiger partial charge in [-0.1, -0.05) is 11.2 Å². The highest BCUT2D eigenvalue weighted by molar-refractivity contribution is 6.39. The molecule has 1 aromatic carbocycles. The lowest BCUT2D eigenvalue weighted by molar-refractivity contribution is -0.136. The largest absolute Gasteiger partial charge is 0.348 e. The van der Waals surface area contributed by atoms with Crippen LogP contribution in [-0.4, -0.2) is 28.5 Å². The van der Waals surface area contributed by atoms with E-state index in [1.807, 2.05) is 0 Å². The van der Waals surface area contributed by atoms with E-state index >= 15 is 0 Å². The second-order valence-electron chi connectivity index (χ2n) is 5.03. The third-order valence-electron chi connectivity index (χ3n) is 3.00. The normalized spacial score (nSPS) is 10.4. The van der Waals surface area contributed by atoms with E-state index in [-0.39, 0.29) is 12.2 Å². The van der Waals surface area contributed by atoms with Crippen molar-refractivity contribution in [2.24, 2.45) is 0 Å². The maximum absolute atomic E-state index is 13.5. The highest BCUT2D eigenvalue weighted by Crippen LogP contribution is 2.15. The number of carbonyl (C=O) groups excluding carboxylic acids is 2. The van der Waals surface area contributed by atoms with Gasteiger partial charge in [0.15, 0.2) is 5.82 Å². The molecule has 0 aliphatic rings. The van der Waals surface area contributed by atoms with Crippen molar-refractivity contribution in [3.8, 4) is 0 Å². The van der Waals surface area contributed by atoms with Crippen LogP contribution in [0, 0.1) is 19.7 Å². The molecule has 1 heterocycles. The van der Waals surface area contributed by atoms with Crippen LogP contribution in [0.1, 0.15) is 23.7 Å². The summed E-state index contributed by atoms with van der Waals surface area (Å²) in [4.78, 5) is 27.4. The van der Waals surface area contributed by atoms with Gasteiger partial charge in [-0.05, 0) is 38.0 Å². The zero-order valence-electron chi connectivity index (χ0n) is 12.9. The molecule has 0 atom stereocenters. The molecule has 7 nitrogen and oxygen atoms in total. The van der Waals surface area contributed by atoms with Crippen LogP contribution in [0.25, 0.3) is 0 Å². The van der Waals surface area contributed by atoms with Crippen LogP contribution in [0.15, 0.2) is 22.7 Å². The second kappa shape index (κ2) is 7.48. The van der Waals surface area contributed by atoms with Crippen molar-refractivity contribution in [2.75, 3.05) is 11.9 Å². The van der Waals surface area contributed by atoms with E-state index in [1.54, 1.807) is 19.9 Å². The van der Waals surface area contributed by atoms with Gasteiger partial charge >= 0.3 is 11.8 Å². The van der Waals surface area contributed by atoms with E-state index in [0.717, 1.165) is 5.56 Å². The molecule has 0 aliphatic heterocycles. The van der Waals surface area contributed by atoms with Crippen molar-refractivity contribution in [1.29, 1.82) is 0 Å². The summed E-state index contributed by atoms with van der Waals surface area (Å²) in [6.07, 6.45) is 1.04. The summed E-state index contributed by atoms with van der Waals surface area (Å²) < 4.78 is 18.4. The number of hydrogen-bond donors (Lipinski definition) is 2. The molecule has 2 rings (SSSR count). The number of hydrogen-bond acceptors (Lipinski definition) is 5. The summed E-state index contributed by atoms with van der Waals surface area (Å²) in [5.74, 6) is -1.31. The third kappa shape index (κ3) is 4.87. The topological polar surface area (TPSA) is 97.1 Å². The van der Waals surface area contributed by atoms with Gasteiger partial charge in [0.05, 0.1) is 5.69 Å². The molecule has 0 fully saturated rings. The van der Waals surface area contributed by atoms with E-state index in [4.69, 9.17) is 4.52 Å². The van der Waals surface area contributed by atoms with Gasteiger partial charge in [-0.3, -0.25) is 9.59 Å². The smallest absolute Gasteiger partial charge is 0.313 e. The third-order valence-corrected chi connectivity index (χ3v) is 3.00. The summed E-state index contributed by atoms with van der Waals surface area (Å²) >= 11 is 0. The quantitative estimate of drug-likeness (QED) is 0.643. The molecule has 0 aliphatic carbocycles. The predicted octanol–water partition coefficient (Wildman–Crippen LogP) is 1.51. The standard InChI is InChI=1S/C15H17FN4O3/c1-9-5-6-11(16)12(8-9)19-15(22)14(21)17-7-3-4-13-18-10(2)20-23-13/h5-6,8H,3-4,7H2,1-2H3,(H,17,21)(H,19,22). The van der Waals surface area contributed by atoms with Crippen LogP contribution in [0.5, 0.6) is 0 Å². The summed E-state index contributed by atoms with van der Waals surface area (Å²) in [5, 5.41) is 8.34. The first-order valence-corrected chi connectivity index (χ1v) is 7.10. The maximum atomic E-state index is 13.5. The Hall–Kier alpha value is -2.77. The van der Waals surface area contributed by atoms with Gasteiger partial charge in [0.2, 0.25) is 5.89 Å². The summed E-state index contributed by atoms with van der Waals surface area (Å²) in [6.45, 7) is 3.74. The Kier molecular flexibility index (Phi) is 5.40. The molecule has 0 spiro atoms. The minimum absolute atomic E-state index is 0.0218. The number of rotatable bonds is 5. The zero-order chi connectivity index (χ0) is 16.8. The second-order valence-corrected chi connectivity index (χ2v) is 5.03. The number of nitrogens with one attached hydrogen (secondary N) is 2. The average Bonchev–Trinajstić information content (AvgIpc) is 2.92. The first-order chi connectivity index (χ1) is 11.0. The fourth-order valence-electron chi connectivity index (χ4n) is 1.88. The number of carbonyl (C=O) groups is 2. The van der Waals surface area contributed by atoms with Crippen molar-refractivity contribution in [1.82, 2.24) is 15.5 Å². The Balaban J connectivity index is 1.76. The van der Waals surface area contributed by atoms with Crippen molar-refractivity contribution in [2.45, 2.75) is 26.7 Å². The van der Waals surface area contributed by atoms with Gasteiger partial charge in [-0.25, -0.2) is 4.39 Å². The Bertz CT molecular complexity index is 714.